The number of aliphatic hydroxyl groups is 1. The number of hydrogen-bond acceptors (Lipinski definition) is 4. The van der Waals surface area contributed by atoms with Gasteiger partial charge in [-0.05, 0) is 31.9 Å². The highest BCUT2D eigenvalue weighted by Gasteiger charge is 2.11. The van der Waals surface area contributed by atoms with Gasteiger partial charge < -0.3 is 10.4 Å². The van der Waals surface area contributed by atoms with Gasteiger partial charge in [-0.2, -0.15) is 5.10 Å². The number of aryl methyl sites for hydroxylation is 2. The van der Waals surface area contributed by atoms with E-state index < -0.39 is 0 Å². The van der Waals surface area contributed by atoms with Gasteiger partial charge in [0.1, 0.15) is 5.52 Å². The molecule has 1 aromatic carbocycles. The molecule has 0 aliphatic carbocycles. The van der Waals surface area contributed by atoms with Crippen LogP contribution in [-0.4, -0.2) is 32.9 Å². The molecule has 0 amide bonds. The smallest absolute Gasteiger partial charge is 0.152 e. The zero-order valence-electron chi connectivity index (χ0n) is 13.5. The lowest BCUT2D eigenvalue weighted by molar-refractivity contribution is 0.232. The second kappa shape index (κ2) is 6.79. The monoisotopic (exact) mass is 310 g/mol. The quantitative estimate of drug-likeness (QED) is 0.734. The van der Waals surface area contributed by atoms with E-state index in [1.165, 1.54) is 11.1 Å². The molecule has 0 aliphatic heterocycles. The first-order valence-corrected chi connectivity index (χ1v) is 7.87. The zero-order valence-corrected chi connectivity index (χ0v) is 13.5. The lowest BCUT2D eigenvalue weighted by Crippen LogP contribution is -2.21. The number of nitrogens with zero attached hydrogens (tertiary/aromatic N) is 3. The van der Waals surface area contributed by atoms with Crippen molar-refractivity contribution in [2.75, 3.05) is 18.5 Å². The molecule has 2 N–H and O–H groups in total. The first-order valence-electron chi connectivity index (χ1n) is 7.87. The Hall–Kier alpha value is -2.40. The largest absolute Gasteiger partial charge is 0.396 e. The van der Waals surface area contributed by atoms with Gasteiger partial charge in [-0.1, -0.05) is 29.8 Å². The third-order valence-corrected chi connectivity index (χ3v) is 3.97. The molecular formula is C18H22N4O. The summed E-state index contributed by atoms with van der Waals surface area (Å²) in [5.41, 5.74) is 4.40. The van der Waals surface area contributed by atoms with Crippen LogP contribution in [0.3, 0.4) is 0 Å². The van der Waals surface area contributed by atoms with Crippen LogP contribution in [0, 0.1) is 19.8 Å². The molecular weight excluding hydrogens is 288 g/mol. The summed E-state index contributed by atoms with van der Waals surface area (Å²) in [5, 5.41) is 17.4. The van der Waals surface area contributed by atoms with Gasteiger partial charge >= 0.3 is 0 Å². The maximum Gasteiger partial charge on any atom is 0.152 e. The lowest BCUT2D eigenvalue weighted by Gasteiger charge is -2.16. The Kier molecular flexibility index (Phi) is 4.57. The van der Waals surface area contributed by atoms with Crippen molar-refractivity contribution < 1.29 is 5.11 Å². The van der Waals surface area contributed by atoms with Crippen LogP contribution < -0.4 is 5.32 Å². The Bertz CT molecular complexity index is 779. The summed E-state index contributed by atoms with van der Waals surface area (Å²) < 4.78 is 1.82. The molecule has 0 bridgehead atoms. The van der Waals surface area contributed by atoms with Crippen LogP contribution in [0.25, 0.3) is 5.52 Å². The molecule has 120 valence electrons. The molecule has 0 radical (unpaired) electrons. The average Bonchev–Trinajstić information content (AvgIpc) is 2.94. The maximum atomic E-state index is 9.66. The van der Waals surface area contributed by atoms with Gasteiger partial charge in [-0.25, -0.2) is 9.50 Å². The molecule has 0 fully saturated rings. The number of anilines is 1. The molecule has 5 heteroatoms. The predicted molar refractivity (Wildman–Crippen MR) is 91.7 cm³/mol. The molecule has 0 saturated heterocycles. The van der Waals surface area contributed by atoms with Gasteiger partial charge in [0.2, 0.25) is 0 Å². The lowest BCUT2D eigenvalue weighted by atomic mass is 9.99. The molecule has 2 aromatic heterocycles. The first-order chi connectivity index (χ1) is 11.2. The predicted octanol–water partition coefficient (Wildman–Crippen LogP) is 2.61. The van der Waals surface area contributed by atoms with Gasteiger partial charge in [0.05, 0.1) is 5.69 Å². The van der Waals surface area contributed by atoms with Crippen molar-refractivity contribution in [2.45, 2.75) is 20.3 Å². The van der Waals surface area contributed by atoms with Crippen LogP contribution >= 0.6 is 0 Å². The topological polar surface area (TPSA) is 62.5 Å². The molecule has 1 unspecified atom stereocenters. The van der Waals surface area contributed by atoms with E-state index in [1.807, 2.05) is 23.7 Å². The van der Waals surface area contributed by atoms with Crippen LogP contribution in [-0.2, 0) is 6.42 Å². The van der Waals surface area contributed by atoms with E-state index in [1.54, 1.807) is 6.20 Å². The second-order valence-electron chi connectivity index (χ2n) is 6.01. The van der Waals surface area contributed by atoms with Gasteiger partial charge in [0.15, 0.2) is 5.82 Å². The molecule has 5 nitrogen and oxygen atoms in total. The summed E-state index contributed by atoms with van der Waals surface area (Å²) in [6.07, 6.45) is 4.41. The van der Waals surface area contributed by atoms with Crippen LogP contribution in [0.4, 0.5) is 5.82 Å². The summed E-state index contributed by atoms with van der Waals surface area (Å²) in [6.45, 7) is 4.85. The van der Waals surface area contributed by atoms with Crippen molar-refractivity contribution in [3.05, 3.63) is 59.5 Å². The Morgan fingerprint density at radius 3 is 2.74 bits per heavy atom. The van der Waals surface area contributed by atoms with Gasteiger partial charge in [0, 0.05) is 31.5 Å². The van der Waals surface area contributed by atoms with Gasteiger partial charge in [0.25, 0.3) is 0 Å². The fourth-order valence-electron chi connectivity index (χ4n) is 2.68. The maximum absolute atomic E-state index is 9.66. The third kappa shape index (κ3) is 3.68. The van der Waals surface area contributed by atoms with Crippen molar-refractivity contribution in [1.29, 1.82) is 0 Å². The van der Waals surface area contributed by atoms with E-state index in [0.717, 1.165) is 23.4 Å². The highest BCUT2D eigenvalue weighted by molar-refractivity contribution is 5.67. The van der Waals surface area contributed by atoms with Crippen molar-refractivity contribution in [1.82, 2.24) is 14.6 Å². The third-order valence-electron chi connectivity index (χ3n) is 3.97. The van der Waals surface area contributed by atoms with E-state index in [-0.39, 0.29) is 12.5 Å². The number of aliphatic hydroxyl groups excluding tert-OH is 1. The summed E-state index contributed by atoms with van der Waals surface area (Å²) in [6, 6.07) is 10.5. The Labute approximate surface area is 136 Å². The van der Waals surface area contributed by atoms with E-state index in [0.29, 0.717) is 6.54 Å². The summed E-state index contributed by atoms with van der Waals surface area (Å²) in [4.78, 5) is 4.39. The van der Waals surface area contributed by atoms with E-state index in [2.05, 4.69) is 46.6 Å². The van der Waals surface area contributed by atoms with E-state index in [9.17, 15) is 5.11 Å². The fourth-order valence-corrected chi connectivity index (χ4v) is 2.68. The van der Waals surface area contributed by atoms with Gasteiger partial charge in [-0.3, -0.25) is 0 Å². The number of fused-ring (bicyclic) bond motifs is 1. The van der Waals surface area contributed by atoms with E-state index in [4.69, 9.17) is 0 Å². The van der Waals surface area contributed by atoms with Crippen molar-refractivity contribution >= 4 is 11.3 Å². The Balaban J connectivity index is 1.68. The molecule has 0 aliphatic rings. The number of benzene rings is 1. The normalized spacial score (nSPS) is 12.5. The minimum atomic E-state index is 0.141. The molecule has 3 rings (SSSR count). The second-order valence-corrected chi connectivity index (χ2v) is 6.01. The molecule has 3 aromatic rings. The summed E-state index contributed by atoms with van der Waals surface area (Å²) in [5.74, 6) is 0.944. The van der Waals surface area contributed by atoms with Crippen molar-refractivity contribution in [3.63, 3.8) is 0 Å². The first kappa shape index (κ1) is 15.5. The highest BCUT2D eigenvalue weighted by atomic mass is 16.3. The van der Waals surface area contributed by atoms with Crippen molar-refractivity contribution in [3.8, 4) is 0 Å². The number of hydrogen-bond donors (Lipinski definition) is 2. The van der Waals surface area contributed by atoms with Crippen LogP contribution in [0.15, 0.2) is 42.7 Å². The average molecular weight is 310 g/mol. The molecule has 1 atom stereocenters. The molecule has 2 heterocycles. The highest BCUT2D eigenvalue weighted by Crippen LogP contribution is 2.16. The van der Waals surface area contributed by atoms with E-state index >= 15 is 0 Å². The molecule has 0 spiro atoms. The summed E-state index contributed by atoms with van der Waals surface area (Å²) >= 11 is 0. The number of rotatable bonds is 6. The minimum Gasteiger partial charge on any atom is -0.396 e. The fraction of sp³-hybridized carbons (Fsp3) is 0.333. The Morgan fingerprint density at radius 2 is 2.00 bits per heavy atom. The van der Waals surface area contributed by atoms with Gasteiger partial charge in [-0.15, -0.1) is 0 Å². The van der Waals surface area contributed by atoms with Crippen molar-refractivity contribution in [2.24, 2.45) is 5.92 Å². The van der Waals surface area contributed by atoms with Crippen LogP contribution in [0.5, 0.6) is 0 Å². The minimum absolute atomic E-state index is 0.141. The Morgan fingerprint density at radius 1 is 1.22 bits per heavy atom. The van der Waals surface area contributed by atoms with Crippen LogP contribution in [0.1, 0.15) is 16.8 Å². The molecule has 23 heavy (non-hydrogen) atoms. The zero-order chi connectivity index (χ0) is 16.2. The van der Waals surface area contributed by atoms with Crippen LogP contribution in [0.2, 0.25) is 0 Å². The molecule has 0 saturated carbocycles. The number of nitrogens with one attached hydrogen (secondary N) is 1. The standard InChI is InChI=1S/C18H22N4O/c1-13-3-5-15(6-4-13)10-16(12-23)11-20-18-17-9-14(2)21-22(17)8-7-19-18/h3-9,16,23H,10-12H2,1-2H3,(H,19,20). The number of aromatic nitrogens is 3. The SMILES string of the molecule is Cc1ccc(CC(CO)CNc2nccn3nc(C)cc23)cc1. The summed E-state index contributed by atoms with van der Waals surface area (Å²) in [7, 11) is 0.